The number of hydrogen-bond acceptors (Lipinski definition) is 4. The Hall–Kier alpha value is -3.20. The van der Waals surface area contributed by atoms with E-state index >= 15 is 0 Å². The van der Waals surface area contributed by atoms with Crippen molar-refractivity contribution in [3.63, 3.8) is 0 Å². The summed E-state index contributed by atoms with van der Waals surface area (Å²) in [5, 5.41) is 6.18. The third kappa shape index (κ3) is 3.61. The number of hydrogen-bond donors (Lipinski definition) is 1. The van der Waals surface area contributed by atoms with Crippen LogP contribution in [0.15, 0.2) is 60.9 Å². The third-order valence-electron chi connectivity index (χ3n) is 4.27. The van der Waals surface area contributed by atoms with Crippen LogP contribution in [-0.4, -0.2) is 25.8 Å². The lowest BCUT2D eigenvalue weighted by Gasteiger charge is -2.25. The van der Waals surface area contributed by atoms with Gasteiger partial charge in [-0.05, 0) is 11.6 Å². The van der Waals surface area contributed by atoms with Gasteiger partial charge in [0.05, 0.1) is 5.56 Å². The molecule has 4 aromatic rings. The molecular formula is C19H12ClF4N5. The van der Waals surface area contributed by atoms with Gasteiger partial charge in [0.2, 0.25) is 0 Å². The van der Waals surface area contributed by atoms with Crippen molar-refractivity contribution in [2.24, 2.45) is 0 Å². The zero-order valence-corrected chi connectivity index (χ0v) is 15.3. The molecule has 1 atom stereocenters. The maximum Gasteiger partial charge on any atom is 0.412 e. The molecule has 0 aliphatic heterocycles. The summed E-state index contributed by atoms with van der Waals surface area (Å²) in [6, 6.07) is 10.8. The van der Waals surface area contributed by atoms with E-state index in [1.54, 1.807) is 12.1 Å². The molecule has 0 spiro atoms. The fraction of sp³-hybridized carbons (Fsp3) is 0.105. The van der Waals surface area contributed by atoms with Gasteiger partial charge in [-0.1, -0.05) is 60.1 Å². The van der Waals surface area contributed by atoms with Crippen LogP contribution in [0.4, 0.5) is 23.4 Å². The highest BCUT2D eigenvalue weighted by atomic mass is 35.5. The van der Waals surface area contributed by atoms with Gasteiger partial charge in [0.25, 0.3) is 5.78 Å². The van der Waals surface area contributed by atoms with Crippen molar-refractivity contribution in [1.29, 1.82) is 0 Å². The van der Waals surface area contributed by atoms with Gasteiger partial charge >= 0.3 is 6.18 Å². The first-order valence-corrected chi connectivity index (χ1v) is 8.76. The summed E-state index contributed by atoms with van der Waals surface area (Å²) < 4.78 is 57.2. The van der Waals surface area contributed by atoms with Gasteiger partial charge in [-0.25, -0.2) is 4.39 Å². The number of rotatable bonds is 4. The minimum atomic E-state index is -4.66. The smallest absolute Gasteiger partial charge is 0.354 e. The molecule has 0 saturated heterocycles. The molecule has 0 amide bonds. The molecule has 0 fully saturated rings. The van der Waals surface area contributed by atoms with Gasteiger partial charge in [-0.2, -0.15) is 32.8 Å². The number of halogens is 5. The van der Waals surface area contributed by atoms with E-state index in [4.69, 9.17) is 11.6 Å². The highest BCUT2D eigenvalue weighted by molar-refractivity contribution is 6.33. The maximum absolute atomic E-state index is 14.5. The van der Waals surface area contributed by atoms with E-state index in [-0.39, 0.29) is 33.4 Å². The summed E-state index contributed by atoms with van der Waals surface area (Å²) in [6.45, 7) is 0. The Balaban J connectivity index is 1.96. The maximum atomic E-state index is 14.5. The standard InChI is InChI=1S/C19H12ClF4N5/c20-16-14(12-8-4-5-9-13(12)21)17(29-18(28-16)25-10-26-29)27-15(19(22,23)24)11-6-2-1-3-7-11/h1-10,15,27H. The molecule has 1 N–H and O–H groups in total. The van der Waals surface area contributed by atoms with Crippen LogP contribution in [-0.2, 0) is 0 Å². The average Bonchev–Trinajstić information content (AvgIpc) is 3.14. The quantitative estimate of drug-likeness (QED) is 0.359. The molecule has 0 bridgehead atoms. The Morgan fingerprint density at radius 2 is 1.69 bits per heavy atom. The molecule has 148 valence electrons. The van der Waals surface area contributed by atoms with E-state index in [0.717, 1.165) is 10.8 Å². The Bertz CT molecular complexity index is 1160. The number of benzene rings is 2. The van der Waals surface area contributed by atoms with Crippen LogP contribution in [0.2, 0.25) is 5.15 Å². The lowest BCUT2D eigenvalue weighted by molar-refractivity contribution is -0.144. The van der Waals surface area contributed by atoms with E-state index in [1.807, 2.05) is 0 Å². The SMILES string of the molecule is Fc1ccccc1-c1c(Cl)nc2ncnn2c1NC(c1ccccc1)C(F)(F)F. The van der Waals surface area contributed by atoms with Gasteiger partial charge in [0, 0.05) is 5.56 Å². The van der Waals surface area contributed by atoms with Crippen LogP contribution in [0.1, 0.15) is 11.6 Å². The van der Waals surface area contributed by atoms with Crippen LogP contribution < -0.4 is 5.32 Å². The minimum Gasteiger partial charge on any atom is -0.354 e. The molecule has 2 aromatic heterocycles. The van der Waals surface area contributed by atoms with Gasteiger partial charge in [-0.15, -0.1) is 0 Å². The van der Waals surface area contributed by atoms with Crippen LogP contribution in [0.3, 0.4) is 0 Å². The summed E-state index contributed by atoms with van der Waals surface area (Å²) >= 11 is 6.24. The van der Waals surface area contributed by atoms with Crippen LogP contribution >= 0.6 is 11.6 Å². The number of nitrogens with zero attached hydrogens (tertiary/aromatic N) is 4. The Labute approximate surface area is 167 Å². The average molecular weight is 422 g/mol. The summed E-state index contributed by atoms with van der Waals surface area (Å²) in [4.78, 5) is 7.90. The fourth-order valence-electron chi connectivity index (χ4n) is 2.99. The molecular weight excluding hydrogens is 410 g/mol. The van der Waals surface area contributed by atoms with Crippen molar-refractivity contribution in [2.75, 3.05) is 5.32 Å². The molecule has 10 heteroatoms. The van der Waals surface area contributed by atoms with Crippen molar-refractivity contribution >= 4 is 23.2 Å². The lowest BCUT2D eigenvalue weighted by Crippen LogP contribution is -2.29. The Morgan fingerprint density at radius 3 is 2.38 bits per heavy atom. The highest BCUT2D eigenvalue weighted by Gasteiger charge is 2.42. The Morgan fingerprint density at radius 1 is 1.00 bits per heavy atom. The molecule has 5 nitrogen and oxygen atoms in total. The van der Waals surface area contributed by atoms with Crippen molar-refractivity contribution in [2.45, 2.75) is 12.2 Å². The van der Waals surface area contributed by atoms with Crippen LogP contribution in [0, 0.1) is 5.82 Å². The highest BCUT2D eigenvalue weighted by Crippen LogP contribution is 2.41. The number of nitrogens with one attached hydrogen (secondary N) is 1. The molecule has 0 aliphatic rings. The third-order valence-corrected chi connectivity index (χ3v) is 4.54. The zero-order chi connectivity index (χ0) is 20.6. The second-order valence-corrected chi connectivity index (χ2v) is 6.47. The largest absolute Gasteiger partial charge is 0.412 e. The first-order valence-electron chi connectivity index (χ1n) is 8.38. The van der Waals surface area contributed by atoms with Crippen molar-refractivity contribution in [3.8, 4) is 11.1 Å². The number of alkyl halides is 3. The zero-order valence-electron chi connectivity index (χ0n) is 14.5. The first-order chi connectivity index (χ1) is 13.9. The fourth-order valence-corrected chi connectivity index (χ4v) is 3.26. The van der Waals surface area contributed by atoms with Gasteiger partial charge in [0.1, 0.15) is 29.2 Å². The summed E-state index contributed by atoms with van der Waals surface area (Å²) in [6.07, 6.45) is -3.53. The molecule has 2 aromatic carbocycles. The van der Waals surface area contributed by atoms with E-state index < -0.39 is 18.0 Å². The summed E-state index contributed by atoms with van der Waals surface area (Å²) in [7, 11) is 0. The van der Waals surface area contributed by atoms with Crippen molar-refractivity contribution < 1.29 is 17.6 Å². The predicted molar refractivity (Wildman–Crippen MR) is 100 cm³/mol. The monoisotopic (exact) mass is 421 g/mol. The number of fused-ring (bicyclic) bond motifs is 1. The molecule has 1 unspecified atom stereocenters. The van der Waals surface area contributed by atoms with Crippen molar-refractivity contribution in [3.05, 3.63) is 77.5 Å². The van der Waals surface area contributed by atoms with Crippen LogP contribution in [0.25, 0.3) is 16.9 Å². The van der Waals surface area contributed by atoms with E-state index in [2.05, 4.69) is 20.4 Å². The van der Waals surface area contributed by atoms with Gasteiger partial charge in [-0.3, -0.25) is 0 Å². The number of aromatic nitrogens is 4. The Kier molecular flexibility index (Phi) is 4.83. The lowest BCUT2D eigenvalue weighted by atomic mass is 10.0. The first kappa shape index (κ1) is 19.1. The second-order valence-electron chi connectivity index (χ2n) is 6.11. The summed E-state index contributed by atoms with van der Waals surface area (Å²) in [5.74, 6) is -0.859. The summed E-state index contributed by atoms with van der Waals surface area (Å²) in [5.41, 5.74) is -0.0903. The molecule has 0 saturated carbocycles. The van der Waals surface area contributed by atoms with Crippen LogP contribution in [0.5, 0.6) is 0 Å². The molecule has 29 heavy (non-hydrogen) atoms. The molecule has 0 radical (unpaired) electrons. The second kappa shape index (κ2) is 7.32. The molecule has 0 aliphatic carbocycles. The predicted octanol–water partition coefficient (Wildman–Crippen LogP) is 5.30. The van der Waals surface area contributed by atoms with E-state index in [9.17, 15) is 17.6 Å². The molecule has 2 heterocycles. The number of anilines is 1. The van der Waals surface area contributed by atoms with E-state index in [1.165, 1.54) is 42.5 Å². The normalized spacial score (nSPS) is 12.9. The topological polar surface area (TPSA) is 55.1 Å². The van der Waals surface area contributed by atoms with Gasteiger partial charge in [0.15, 0.2) is 0 Å². The van der Waals surface area contributed by atoms with Gasteiger partial charge < -0.3 is 5.32 Å². The van der Waals surface area contributed by atoms with E-state index in [0.29, 0.717) is 0 Å². The molecule has 4 rings (SSSR count). The minimum absolute atomic E-state index is 0.0149. The van der Waals surface area contributed by atoms with Crippen molar-refractivity contribution in [1.82, 2.24) is 19.6 Å².